The quantitative estimate of drug-likeness (QED) is 0.0243. The normalized spacial score (nSPS) is 14.6. The first-order valence-electron chi connectivity index (χ1n) is 32.6. The number of rotatable bonds is 58. The summed E-state index contributed by atoms with van der Waals surface area (Å²) in [6.45, 7) is 4.68. The van der Waals surface area contributed by atoms with E-state index in [1.165, 1.54) is 141 Å². The van der Waals surface area contributed by atoms with Gasteiger partial charge in [0, 0.05) is 6.42 Å². The van der Waals surface area contributed by atoms with E-state index >= 15 is 0 Å². The number of carbonyl (C=O) groups is 1. The number of nitrogens with zero attached hydrogens (tertiary/aromatic N) is 1. The van der Waals surface area contributed by atoms with E-state index in [1.807, 2.05) is 27.2 Å². The number of unbranched alkanes of at least 4 members (excludes halogenated alkanes) is 25. The molecule has 0 aliphatic carbocycles. The highest BCUT2D eigenvalue weighted by Gasteiger charge is 2.27. The molecule has 9 heteroatoms. The minimum Gasteiger partial charge on any atom is -0.387 e. The molecule has 80 heavy (non-hydrogen) atoms. The molecule has 0 aromatic heterocycles. The van der Waals surface area contributed by atoms with Crippen LogP contribution in [0.2, 0.25) is 0 Å². The average molecular weight is 1130 g/mol. The average Bonchev–Trinajstić information content (AvgIpc) is 3.42. The van der Waals surface area contributed by atoms with Gasteiger partial charge < -0.3 is 19.8 Å². The molecule has 0 spiro atoms. The number of phosphoric acid groups is 1. The maximum atomic E-state index is 13.0. The van der Waals surface area contributed by atoms with Crippen LogP contribution in [0.1, 0.15) is 258 Å². The number of aliphatic hydroxyl groups excluding tert-OH is 1. The van der Waals surface area contributed by atoms with Gasteiger partial charge in [0.1, 0.15) is 13.2 Å². The van der Waals surface area contributed by atoms with Crippen LogP contribution in [0.25, 0.3) is 0 Å². The van der Waals surface area contributed by atoms with Gasteiger partial charge in [-0.05, 0) is 103 Å². The highest BCUT2D eigenvalue weighted by Crippen LogP contribution is 2.43. The van der Waals surface area contributed by atoms with Crippen molar-refractivity contribution in [3.05, 3.63) is 134 Å². The van der Waals surface area contributed by atoms with Crippen molar-refractivity contribution in [3.63, 3.8) is 0 Å². The Morgan fingerprint density at radius 3 is 1.15 bits per heavy atom. The second kappa shape index (κ2) is 60.2. The zero-order valence-electron chi connectivity index (χ0n) is 52.3. The monoisotopic (exact) mass is 1130 g/mol. The van der Waals surface area contributed by atoms with Crippen molar-refractivity contribution in [2.75, 3.05) is 40.9 Å². The van der Waals surface area contributed by atoms with Crippen molar-refractivity contribution in [1.82, 2.24) is 5.32 Å². The number of aliphatic hydroxyl groups is 1. The van der Waals surface area contributed by atoms with Crippen LogP contribution in [-0.2, 0) is 18.4 Å². The first kappa shape index (κ1) is 76.6. The Hall–Kier alpha value is -3.36. The third-order valence-electron chi connectivity index (χ3n) is 13.9. The van der Waals surface area contributed by atoms with Crippen LogP contribution in [-0.4, -0.2) is 73.4 Å². The van der Waals surface area contributed by atoms with Crippen LogP contribution >= 0.6 is 7.82 Å². The number of quaternary nitrogens is 1. The second-order valence-electron chi connectivity index (χ2n) is 22.7. The van der Waals surface area contributed by atoms with Crippen LogP contribution in [0.3, 0.4) is 0 Å². The lowest BCUT2D eigenvalue weighted by atomic mass is 10.0. The third-order valence-corrected chi connectivity index (χ3v) is 14.8. The summed E-state index contributed by atoms with van der Waals surface area (Å²) in [5.74, 6) is -0.194. The van der Waals surface area contributed by atoms with Gasteiger partial charge in [-0.25, -0.2) is 4.57 Å². The van der Waals surface area contributed by atoms with Crippen molar-refractivity contribution < 1.29 is 32.9 Å². The molecule has 8 nitrogen and oxygen atoms in total. The molecule has 0 radical (unpaired) electrons. The van der Waals surface area contributed by atoms with E-state index in [0.29, 0.717) is 17.4 Å². The first-order chi connectivity index (χ1) is 39.0. The molecule has 0 bridgehead atoms. The molecule has 3 atom stereocenters. The molecule has 0 saturated carbocycles. The number of likely N-dealkylation sites (N-methyl/N-ethyl adjacent to an activating group) is 1. The fraction of sp³-hybridized carbons (Fsp3) is 0.676. The molecule has 0 aromatic carbocycles. The molecule has 0 aromatic rings. The number of nitrogens with one attached hydrogen (secondary N) is 1. The van der Waals surface area contributed by atoms with E-state index in [-0.39, 0.29) is 19.1 Å². The largest absolute Gasteiger partial charge is 0.472 e. The summed E-state index contributed by atoms with van der Waals surface area (Å²) in [6, 6.07) is -0.874. The van der Waals surface area contributed by atoms with Crippen molar-refractivity contribution in [1.29, 1.82) is 0 Å². The summed E-state index contributed by atoms with van der Waals surface area (Å²) < 4.78 is 23.7. The van der Waals surface area contributed by atoms with E-state index in [2.05, 4.69) is 141 Å². The Labute approximate surface area is 494 Å². The predicted molar refractivity (Wildman–Crippen MR) is 350 cm³/mol. The Morgan fingerprint density at radius 1 is 0.438 bits per heavy atom. The molecule has 0 aliphatic heterocycles. The van der Waals surface area contributed by atoms with Gasteiger partial charge in [-0.15, -0.1) is 0 Å². The Kier molecular flexibility index (Phi) is 57.7. The lowest BCUT2D eigenvalue weighted by Crippen LogP contribution is -2.45. The molecule has 458 valence electrons. The predicted octanol–water partition coefficient (Wildman–Crippen LogP) is 20.7. The number of allylic oxidation sites excluding steroid dienone is 21. The molecule has 3 unspecified atom stereocenters. The maximum Gasteiger partial charge on any atom is 0.472 e. The van der Waals surface area contributed by atoms with Gasteiger partial charge >= 0.3 is 7.82 Å². The molecule has 3 N–H and O–H groups in total. The van der Waals surface area contributed by atoms with Crippen LogP contribution < -0.4 is 5.32 Å². The van der Waals surface area contributed by atoms with Gasteiger partial charge in [0.25, 0.3) is 0 Å². The standard InChI is InChI=1S/C71H123N2O6P/c1-6-8-10-12-14-16-18-20-22-24-26-27-28-29-30-31-32-33-34-35-36-37-38-39-40-41-42-43-44-45-47-49-51-53-55-57-59-61-63-65-71(75)72-69(68-79-80(76,77)78-67-66-73(3,4)5)70(74)64-62-60-58-56-54-52-50-48-46-25-23-21-19-17-15-13-11-9-7-2/h8,10,14,16,20,22,26-27,29-30,32-33,35-36,38-39,41-42,54,56,62,64,69-70,74H,6-7,9,11-13,15,17-19,21,23-25,28,31,34,37,40,43-53,55,57-61,63,65-68H2,1-5H3,(H-,72,75,76,77)/p+1/b10-8-,16-14-,22-20-,27-26-,30-29-,33-32-,36-35-,39-38-,42-41-,56-54+,64-62+. The van der Waals surface area contributed by atoms with Crippen LogP contribution in [0.5, 0.6) is 0 Å². The molecule has 0 rings (SSSR count). The van der Waals surface area contributed by atoms with Crippen molar-refractivity contribution in [2.45, 2.75) is 270 Å². The molecule has 0 fully saturated rings. The van der Waals surface area contributed by atoms with Crippen molar-refractivity contribution in [3.8, 4) is 0 Å². The number of hydrogen-bond acceptors (Lipinski definition) is 5. The van der Waals surface area contributed by atoms with E-state index in [4.69, 9.17) is 9.05 Å². The number of hydrogen-bond donors (Lipinski definition) is 3. The van der Waals surface area contributed by atoms with Gasteiger partial charge in [-0.1, -0.05) is 282 Å². The van der Waals surface area contributed by atoms with Gasteiger partial charge in [-0.3, -0.25) is 13.8 Å². The minimum absolute atomic E-state index is 0.0500. The fourth-order valence-electron chi connectivity index (χ4n) is 8.82. The van der Waals surface area contributed by atoms with E-state index in [0.717, 1.165) is 96.3 Å². The minimum atomic E-state index is -4.37. The van der Waals surface area contributed by atoms with Gasteiger partial charge in [0.05, 0.1) is 39.9 Å². The SMILES string of the molecule is CC/C=C\C/C=C\C/C=C\C/C=C\C/C=C\C/C=C\C/C=C\C/C=C\C/C=C\CCCCCCCCCCCCCC(=O)NC(COP(=O)(O)OCC[N+](C)(C)C)C(O)/C=C/CC/C=C/CCCCCCCCCCCCCCC. The van der Waals surface area contributed by atoms with Crippen LogP contribution in [0, 0.1) is 0 Å². The fourth-order valence-corrected chi connectivity index (χ4v) is 9.55. The van der Waals surface area contributed by atoms with Gasteiger partial charge in [-0.2, -0.15) is 0 Å². The molecular weight excluding hydrogens is 1010 g/mol. The summed E-state index contributed by atoms with van der Waals surface area (Å²) in [5.41, 5.74) is 0. The molecule has 0 saturated heterocycles. The zero-order valence-corrected chi connectivity index (χ0v) is 53.2. The van der Waals surface area contributed by atoms with Gasteiger partial charge in [0.15, 0.2) is 0 Å². The van der Waals surface area contributed by atoms with E-state index in [9.17, 15) is 19.4 Å². The highest BCUT2D eigenvalue weighted by molar-refractivity contribution is 7.47. The molecule has 1 amide bonds. The topological polar surface area (TPSA) is 105 Å². The number of amides is 1. The van der Waals surface area contributed by atoms with Crippen molar-refractivity contribution >= 4 is 13.7 Å². The molecular formula is C71H124N2O6P+. The first-order valence-corrected chi connectivity index (χ1v) is 34.1. The van der Waals surface area contributed by atoms with E-state index < -0.39 is 20.0 Å². The van der Waals surface area contributed by atoms with E-state index in [1.54, 1.807) is 6.08 Å². The summed E-state index contributed by atoms with van der Waals surface area (Å²) in [5, 5.41) is 13.9. The number of carbonyl (C=O) groups excluding carboxylic acids is 1. The van der Waals surface area contributed by atoms with Gasteiger partial charge in [0.2, 0.25) is 5.91 Å². The van der Waals surface area contributed by atoms with Crippen molar-refractivity contribution in [2.24, 2.45) is 0 Å². The summed E-state index contributed by atoms with van der Waals surface area (Å²) in [7, 11) is 1.54. The Balaban J connectivity index is 4.14. The molecule has 0 heterocycles. The summed E-state index contributed by atoms with van der Waals surface area (Å²) in [4.78, 5) is 23.4. The van der Waals surface area contributed by atoms with Crippen LogP contribution in [0.15, 0.2) is 134 Å². The smallest absolute Gasteiger partial charge is 0.387 e. The zero-order chi connectivity index (χ0) is 58.4. The third kappa shape index (κ3) is 62.2. The van der Waals surface area contributed by atoms with Crippen LogP contribution in [0.4, 0.5) is 0 Å². The highest BCUT2D eigenvalue weighted by atomic mass is 31.2. The lowest BCUT2D eigenvalue weighted by molar-refractivity contribution is -0.870. The number of phosphoric ester groups is 1. The Bertz CT molecular complexity index is 1760. The Morgan fingerprint density at radius 2 is 0.762 bits per heavy atom. The maximum absolute atomic E-state index is 13.0. The second-order valence-corrected chi connectivity index (χ2v) is 24.2. The summed E-state index contributed by atoms with van der Waals surface area (Å²) >= 11 is 0. The summed E-state index contributed by atoms with van der Waals surface area (Å²) in [6.07, 6.45) is 91.5. The molecule has 0 aliphatic rings. The lowest BCUT2D eigenvalue weighted by Gasteiger charge is -2.25.